The molecule has 8 heteroatoms. The summed E-state index contributed by atoms with van der Waals surface area (Å²) >= 11 is 3.41. The van der Waals surface area contributed by atoms with E-state index in [4.69, 9.17) is 18.5 Å². The zero-order valence-corrected chi connectivity index (χ0v) is 16.6. The number of ketones is 1. The van der Waals surface area contributed by atoms with Crippen molar-refractivity contribution < 1.29 is 27.9 Å². The molecule has 0 fully saturated rings. The molecule has 2 aromatic carbocycles. The van der Waals surface area contributed by atoms with E-state index >= 15 is 0 Å². The largest absolute Gasteiger partial charge is 0.454 e. The first kappa shape index (κ1) is 17.7. The first-order chi connectivity index (χ1) is 12.5. The molecule has 1 aliphatic carbocycles. The van der Waals surface area contributed by atoms with Crippen molar-refractivity contribution in [2.75, 3.05) is 21.0 Å². The zero-order valence-electron chi connectivity index (χ0n) is 14.1. The van der Waals surface area contributed by atoms with Crippen molar-refractivity contribution in [3.05, 3.63) is 57.6 Å². The van der Waals surface area contributed by atoms with Crippen LogP contribution in [0.3, 0.4) is 0 Å². The molecule has 6 nitrogen and oxygen atoms in total. The molecule has 1 heterocycles. The van der Waals surface area contributed by atoms with Gasteiger partial charge in [0.2, 0.25) is 6.79 Å². The number of Topliss-reactive ketones (excluding diaryl/α,β-unsaturated/α-hetero) is 1. The molecule has 1 aliphatic heterocycles. The van der Waals surface area contributed by atoms with Crippen LogP contribution >= 0.6 is 23.5 Å². The molecule has 2 unspecified atom stereocenters. The molecule has 0 amide bonds. The van der Waals surface area contributed by atoms with Gasteiger partial charge < -0.3 is 18.5 Å². The Bertz CT molecular complexity index is 918. The Morgan fingerprint density at radius 2 is 1.69 bits per heavy atom. The second-order valence-corrected chi connectivity index (χ2v) is 9.32. The smallest absolute Gasteiger partial charge is 0.341 e. The molecule has 0 saturated heterocycles. The molecule has 2 atom stereocenters. The van der Waals surface area contributed by atoms with Crippen LogP contribution in [0, 0.1) is 0 Å². The van der Waals surface area contributed by atoms with Crippen LogP contribution in [0.25, 0.3) is 0 Å². The Balaban J connectivity index is 1.93. The van der Waals surface area contributed by atoms with Gasteiger partial charge in [0.15, 0.2) is 17.3 Å². The van der Waals surface area contributed by atoms with E-state index < -0.39 is 19.2 Å². The van der Waals surface area contributed by atoms with Crippen molar-refractivity contribution >= 4 is 29.3 Å². The zero-order chi connectivity index (χ0) is 18.5. The normalized spacial score (nSPS) is 21.1. The lowest BCUT2D eigenvalue weighted by Gasteiger charge is -2.25. The molecular formula is C18H16BrO6P. The minimum atomic E-state index is -3.66. The van der Waals surface area contributed by atoms with Gasteiger partial charge in [-0.1, -0.05) is 28.1 Å². The molecule has 2 aliphatic rings. The predicted molar refractivity (Wildman–Crippen MR) is 98.3 cm³/mol. The highest BCUT2D eigenvalue weighted by Crippen LogP contribution is 2.62. The number of rotatable bonds is 4. The summed E-state index contributed by atoms with van der Waals surface area (Å²) in [5.74, 6) is 0.338. The summed E-state index contributed by atoms with van der Waals surface area (Å²) in [5.41, 5.74) is 1.08. The maximum atomic E-state index is 13.2. The number of fused-ring (bicyclic) bond motifs is 2. The first-order valence-corrected chi connectivity index (χ1v) is 10.3. The molecule has 0 aromatic heterocycles. The van der Waals surface area contributed by atoms with Crippen LogP contribution in [0.2, 0.25) is 0 Å². The summed E-state index contributed by atoms with van der Waals surface area (Å²) in [6.07, 6.45) is 0. The van der Waals surface area contributed by atoms with Crippen LogP contribution in [0.4, 0.5) is 0 Å². The molecule has 0 N–H and O–H groups in total. The lowest BCUT2D eigenvalue weighted by Crippen LogP contribution is -2.23. The van der Waals surface area contributed by atoms with Gasteiger partial charge in [0.05, 0.1) is 0 Å². The van der Waals surface area contributed by atoms with Crippen molar-refractivity contribution in [1.29, 1.82) is 0 Å². The topological polar surface area (TPSA) is 71.1 Å². The van der Waals surface area contributed by atoms with E-state index in [0.717, 1.165) is 15.6 Å². The SMILES string of the molecule is COP(=O)(OC)C1C(=O)c2cc3c(cc2C1c1ccc(Br)cc1)OCO3. The Morgan fingerprint density at radius 3 is 2.31 bits per heavy atom. The standard InChI is InChI=1S/C18H16BrO6P/c1-22-26(21,23-2)18-16(10-3-5-11(19)6-4-10)12-7-14-15(25-9-24-14)8-13(12)17(18)20/h3-8,16,18H,9H2,1-2H3. The Hall–Kier alpha value is -1.66. The average Bonchev–Trinajstić information content (AvgIpc) is 3.23. The van der Waals surface area contributed by atoms with E-state index in [2.05, 4.69) is 15.9 Å². The lowest BCUT2D eigenvalue weighted by molar-refractivity contribution is 0.0980. The van der Waals surface area contributed by atoms with Gasteiger partial charge in [0.1, 0.15) is 5.66 Å². The fourth-order valence-electron chi connectivity index (χ4n) is 3.57. The number of carbonyl (C=O) groups excluding carboxylic acids is 1. The summed E-state index contributed by atoms with van der Waals surface area (Å²) in [4.78, 5) is 13.2. The monoisotopic (exact) mass is 438 g/mol. The van der Waals surface area contributed by atoms with E-state index in [9.17, 15) is 9.36 Å². The molecule has 0 spiro atoms. The lowest BCUT2D eigenvalue weighted by atomic mass is 9.92. The molecule has 26 heavy (non-hydrogen) atoms. The van der Waals surface area contributed by atoms with E-state index in [0.29, 0.717) is 17.1 Å². The minimum Gasteiger partial charge on any atom is -0.454 e. The number of hydrogen-bond acceptors (Lipinski definition) is 6. The molecular weight excluding hydrogens is 423 g/mol. The summed E-state index contributed by atoms with van der Waals surface area (Å²) in [6, 6.07) is 11.0. The average molecular weight is 439 g/mol. The first-order valence-electron chi connectivity index (χ1n) is 7.93. The molecule has 0 radical (unpaired) electrons. The van der Waals surface area contributed by atoms with Crippen molar-refractivity contribution in [2.45, 2.75) is 11.6 Å². The molecule has 4 rings (SSSR count). The highest BCUT2D eigenvalue weighted by Gasteiger charge is 2.53. The summed E-state index contributed by atoms with van der Waals surface area (Å²) in [5, 5.41) is 0. The summed E-state index contributed by atoms with van der Waals surface area (Å²) in [7, 11) is -1.07. The number of hydrogen-bond donors (Lipinski definition) is 0. The van der Waals surface area contributed by atoms with Crippen LogP contribution < -0.4 is 9.47 Å². The summed E-state index contributed by atoms with van der Waals surface area (Å²) < 4.78 is 35.3. The van der Waals surface area contributed by atoms with Gasteiger partial charge in [0, 0.05) is 30.2 Å². The quantitative estimate of drug-likeness (QED) is 0.660. The third kappa shape index (κ3) is 2.62. The predicted octanol–water partition coefficient (Wildman–Crippen LogP) is 4.36. The Labute approximate surface area is 159 Å². The van der Waals surface area contributed by atoms with E-state index in [-0.39, 0.29) is 12.6 Å². The third-order valence-electron chi connectivity index (χ3n) is 4.81. The van der Waals surface area contributed by atoms with Crippen molar-refractivity contribution in [2.24, 2.45) is 0 Å². The van der Waals surface area contributed by atoms with Crippen molar-refractivity contribution in [3.63, 3.8) is 0 Å². The van der Waals surface area contributed by atoms with E-state index in [1.807, 2.05) is 24.3 Å². The molecule has 2 aromatic rings. The fourth-order valence-corrected chi connectivity index (χ4v) is 5.56. The van der Waals surface area contributed by atoms with Crippen LogP contribution in [-0.4, -0.2) is 32.5 Å². The van der Waals surface area contributed by atoms with Crippen LogP contribution in [-0.2, 0) is 13.6 Å². The maximum Gasteiger partial charge on any atom is 0.341 e. The van der Waals surface area contributed by atoms with Gasteiger partial charge in [-0.3, -0.25) is 9.36 Å². The van der Waals surface area contributed by atoms with Gasteiger partial charge >= 0.3 is 7.60 Å². The van der Waals surface area contributed by atoms with Gasteiger partial charge in [-0.05, 0) is 35.4 Å². The Morgan fingerprint density at radius 1 is 1.08 bits per heavy atom. The highest BCUT2D eigenvalue weighted by atomic mass is 79.9. The number of ether oxygens (including phenoxy) is 2. The summed E-state index contributed by atoms with van der Waals surface area (Å²) in [6.45, 7) is 0.118. The molecule has 0 bridgehead atoms. The van der Waals surface area contributed by atoms with E-state index in [1.165, 1.54) is 14.2 Å². The second-order valence-electron chi connectivity index (χ2n) is 6.04. The Kier molecular flexibility index (Phi) is 4.43. The van der Waals surface area contributed by atoms with Gasteiger partial charge in [0.25, 0.3) is 0 Å². The molecule has 136 valence electrons. The number of halogens is 1. The number of carbonyl (C=O) groups is 1. The third-order valence-corrected chi connectivity index (χ3v) is 7.57. The molecule has 0 saturated carbocycles. The van der Waals surface area contributed by atoms with Gasteiger partial charge in [-0.2, -0.15) is 0 Å². The van der Waals surface area contributed by atoms with Crippen LogP contribution in [0.15, 0.2) is 40.9 Å². The van der Waals surface area contributed by atoms with Crippen LogP contribution in [0.1, 0.15) is 27.4 Å². The minimum absolute atomic E-state index is 0.118. The maximum absolute atomic E-state index is 13.2. The van der Waals surface area contributed by atoms with E-state index in [1.54, 1.807) is 12.1 Å². The second kappa shape index (κ2) is 6.50. The number of benzene rings is 2. The van der Waals surface area contributed by atoms with Gasteiger partial charge in [-0.15, -0.1) is 0 Å². The van der Waals surface area contributed by atoms with Crippen molar-refractivity contribution in [1.82, 2.24) is 0 Å². The highest BCUT2D eigenvalue weighted by molar-refractivity contribution is 9.10. The fraction of sp³-hybridized carbons (Fsp3) is 0.278. The van der Waals surface area contributed by atoms with Crippen LogP contribution in [0.5, 0.6) is 11.5 Å². The van der Waals surface area contributed by atoms with Gasteiger partial charge in [-0.25, -0.2) is 0 Å². The van der Waals surface area contributed by atoms with Crippen molar-refractivity contribution in [3.8, 4) is 11.5 Å².